The van der Waals surface area contributed by atoms with Crippen molar-refractivity contribution >= 4 is 33.2 Å². The summed E-state index contributed by atoms with van der Waals surface area (Å²) >= 11 is 0. The van der Waals surface area contributed by atoms with Crippen molar-refractivity contribution in [2.45, 2.75) is 24.2 Å². The van der Waals surface area contributed by atoms with Crippen LogP contribution in [-0.2, 0) is 15.4 Å². The molecule has 1 saturated heterocycles. The number of nitrogens with zero attached hydrogens (tertiary/aromatic N) is 4. The van der Waals surface area contributed by atoms with E-state index in [0.717, 1.165) is 37.4 Å². The topological polar surface area (TPSA) is 90.5 Å². The van der Waals surface area contributed by atoms with Gasteiger partial charge in [0, 0.05) is 61.3 Å². The van der Waals surface area contributed by atoms with Crippen molar-refractivity contribution < 1.29 is 8.42 Å². The van der Waals surface area contributed by atoms with Crippen LogP contribution in [0.3, 0.4) is 0 Å². The summed E-state index contributed by atoms with van der Waals surface area (Å²) in [6.45, 7) is 8.29. The molecule has 1 fully saturated rings. The lowest BCUT2D eigenvalue weighted by molar-refractivity contribution is 0.553. The van der Waals surface area contributed by atoms with Crippen LogP contribution in [0.15, 0.2) is 65.7 Å². The number of hydrogen-bond donors (Lipinski definition) is 2. The summed E-state index contributed by atoms with van der Waals surface area (Å²) in [5.74, 6) is 0.799. The first-order valence-corrected chi connectivity index (χ1v) is 12.6. The minimum absolute atomic E-state index is 0.255. The van der Waals surface area contributed by atoms with Crippen molar-refractivity contribution in [3.05, 3.63) is 66.4 Å². The highest BCUT2D eigenvalue weighted by Gasteiger charge is 2.43. The van der Waals surface area contributed by atoms with Crippen molar-refractivity contribution in [1.82, 2.24) is 15.3 Å². The van der Waals surface area contributed by atoms with E-state index in [9.17, 15) is 8.42 Å². The third-order valence-corrected chi connectivity index (χ3v) is 7.96. The van der Waals surface area contributed by atoms with Gasteiger partial charge < -0.3 is 15.5 Å². The van der Waals surface area contributed by atoms with Gasteiger partial charge >= 0.3 is 0 Å². The number of anilines is 4. The van der Waals surface area contributed by atoms with Crippen LogP contribution >= 0.6 is 0 Å². The first kappa shape index (κ1) is 21.7. The molecule has 2 aliphatic heterocycles. The third-order valence-electron chi connectivity index (χ3n) is 6.21. The number of benzene rings is 2. The summed E-state index contributed by atoms with van der Waals surface area (Å²) < 4.78 is 28.2. The molecule has 0 radical (unpaired) electrons. The van der Waals surface area contributed by atoms with E-state index in [1.807, 2.05) is 26.0 Å². The zero-order valence-electron chi connectivity index (χ0n) is 18.8. The van der Waals surface area contributed by atoms with Crippen molar-refractivity contribution in [1.29, 1.82) is 0 Å². The van der Waals surface area contributed by atoms with Gasteiger partial charge in [-0.15, -0.1) is 0 Å². The summed E-state index contributed by atoms with van der Waals surface area (Å²) in [6, 6.07) is 16.6. The molecule has 0 spiro atoms. The Morgan fingerprint density at radius 1 is 1.00 bits per heavy atom. The lowest BCUT2D eigenvalue weighted by Crippen LogP contribution is -2.43. The van der Waals surface area contributed by atoms with Gasteiger partial charge in [0.05, 0.1) is 4.90 Å². The van der Waals surface area contributed by atoms with Gasteiger partial charge in [-0.05, 0) is 36.4 Å². The van der Waals surface area contributed by atoms with Crippen LogP contribution in [0, 0.1) is 0 Å². The average Bonchev–Trinajstić information content (AvgIpc) is 3.11. The molecule has 0 atom stereocenters. The monoisotopic (exact) mass is 464 g/mol. The Balaban J connectivity index is 1.42. The summed E-state index contributed by atoms with van der Waals surface area (Å²) in [4.78, 5) is 11.7. The van der Waals surface area contributed by atoms with E-state index in [1.54, 1.807) is 36.5 Å². The first-order chi connectivity index (χ1) is 15.8. The fraction of sp³-hybridized carbons (Fsp3) is 0.333. The Morgan fingerprint density at radius 3 is 2.39 bits per heavy atom. The van der Waals surface area contributed by atoms with E-state index in [0.29, 0.717) is 18.3 Å². The van der Waals surface area contributed by atoms with E-state index in [-0.39, 0.29) is 10.3 Å². The predicted octanol–water partition coefficient (Wildman–Crippen LogP) is 3.12. The van der Waals surface area contributed by atoms with Crippen LogP contribution in [0.2, 0.25) is 0 Å². The highest BCUT2D eigenvalue weighted by atomic mass is 32.2. The van der Waals surface area contributed by atoms with Crippen LogP contribution in [0.1, 0.15) is 19.4 Å². The molecule has 8 nitrogen and oxygen atoms in total. The first-order valence-electron chi connectivity index (χ1n) is 11.1. The highest BCUT2D eigenvalue weighted by molar-refractivity contribution is 7.92. The maximum absolute atomic E-state index is 13.4. The molecule has 172 valence electrons. The molecule has 0 amide bonds. The van der Waals surface area contributed by atoms with Crippen molar-refractivity contribution in [3.8, 4) is 0 Å². The Bertz CT molecular complexity index is 1240. The lowest BCUT2D eigenvalue weighted by Gasteiger charge is -2.29. The number of hydrogen-bond acceptors (Lipinski definition) is 7. The van der Waals surface area contributed by atoms with Crippen molar-refractivity contribution in [3.63, 3.8) is 0 Å². The summed E-state index contributed by atoms with van der Waals surface area (Å²) in [5.41, 5.74) is 2.46. The Hall–Kier alpha value is -3.17. The van der Waals surface area contributed by atoms with Crippen LogP contribution in [0.5, 0.6) is 0 Å². The van der Waals surface area contributed by atoms with E-state index < -0.39 is 10.0 Å². The van der Waals surface area contributed by atoms with Crippen molar-refractivity contribution in [2.24, 2.45) is 0 Å². The standard InChI is InChI=1S/C24H28N6O2S/c1-24(2)17-30(33(31,32)20-6-4-3-5-7-20)22-21(24)16-26-23(28-22)27-18-8-10-19(11-9-18)29-14-12-25-13-15-29/h3-11,16,25H,12-15,17H2,1-2H3,(H,26,27,28). The fourth-order valence-electron chi connectivity index (χ4n) is 4.35. The van der Waals surface area contributed by atoms with Crippen LogP contribution in [0.4, 0.5) is 23.1 Å². The molecule has 0 saturated carbocycles. The molecular weight excluding hydrogens is 436 g/mol. The fourth-order valence-corrected chi connectivity index (χ4v) is 5.96. The molecule has 9 heteroatoms. The maximum atomic E-state index is 13.4. The number of nitrogens with one attached hydrogen (secondary N) is 2. The largest absolute Gasteiger partial charge is 0.369 e. The number of fused-ring (bicyclic) bond motifs is 1. The zero-order valence-corrected chi connectivity index (χ0v) is 19.6. The molecule has 33 heavy (non-hydrogen) atoms. The normalized spacial score (nSPS) is 17.6. The summed E-state index contributed by atoms with van der Waals surface area (Å²) in [5, 5.41) is 6.59. The lowest BCUT2D eigenvalue weighted by atomic mass is 9.89. The van der Waals surface area contributed by atoms with Gasteiger partial charge in [0.15, 0.2) is 5.82 Å². The van der Waals surface area contributed by atoms with E-state index in [2.05, 4.69) is 37.6 Å². The second-order valence-corrected chi connectivity index (χ2v) is 10.9. The predicted molar refractivity (Wildman–Crippen MR) is 131 cm³/mol. The van der Waals surface area contributed by atoms with Crippen molar-refractivity contribution in [2.75, 3.05) is 47.2 Å². The SMILES string of the molecule is CC1(C)CN(S(=O)(=O)c2ccccc2)c2nc(Nc3ccc(N4CCNCC4)cc3)ncc21. The third kappa shape index (κ3) is 4.14. The smallest absolute Gasteiger partial charge is 0.265 e. The Kier molecular flexibility index (Phi) is 5.46. The molecule has 5 rings (SSSR count). The molecule has 2 aliphatic rings. The zero-order chi connectivity index (χ0) is 23.1. The number of piperazine rings is 1. The maximum Gasteiger partial charge on any atom is 0.265 e. The van der Waals surface area contributed by atoms with Crippen LogP contribution in [-0.4, -0.2) is 51.1 Å². The van der Waals surface area contributed by atoms with E-state index in [1.165, 1.54) is 9.99 Å². The Labute approximate surface area is 194 Å². The molecule has 2 aromatic carbocycles. The second kappa shape index (κ2) is 8.31. The van der Waals surface area contributed by atoms with Crippen LogP contribution < -0.4 is 19.8 Å². The van der Waals surface area contributed by atoms with E-state index >= 15 is 0 Å². The number of aromatic nitrogens is 2. The summed E-state index contributed by atoms with van der Waals surface area (Å²) in [7, 11) is -3.73. The Morgan fingerprint density at radius 2 is 1.70 bits per heavy atom. The molecular formula is C24H28N6O2S. The molecule has 2 N–H and O–H groups in total. The van der Waals surface area contributed by atoms with E-state index in [4.69, 9.17) is 0 Å². The minimum atomic E-state index is -3.73. The molecule has 0 unspecified atom stereocenters. The molecule has 1 aromatic heterocycles. The van der Waals surface area contributed by atoms with Gasteiger partial charge in [-0.1, -0.05) is 32.0 Å². The van der Waals surface area contributed by atoms with Gasteiger partial charge in [-0.2, -0.15) is 4.98 Å². The number of rotatable bonds is 5. The summed E-state index contributed by atoms with van der Waals surface area (Å²) in [6.07, 6.45) is 1.74. The van der Waals surface area contributed by atoms with Gasteiger partial charge in [0.25, 0.3) is 10.0 Å². The molecule has 0 bridgehead atoms. The quantitative estimate of drug-likeness (QED) is 0.600. The van der Waals surface area contributed by atoms with Gasteiger partial charge in [0.2, 0.25) is 5.95 Å². The second-order valence-electron chi connectivity index (χ2n) is 9.05. The molecule has 0 aliphatic carbocycles. The number of sulfonamides is 1. The highest BCUT2D eigenvalue weighted by Crippen LogP contribution is 2.42. The van der Waals surface area contributed by atoms with Gasteiger partial charge in [-0.25, -0.2) is 17.7 Å². The van der Waals surface area contributed by atoms with Gasteiger partial charge in [0.1, 0.15) is 0 Å². The van der Waals surface area contributed by atoms with Crippen LogP contribution in [0.25, 0.3) is 0 Å². The molecule has 3 aromatic rings. The van der Waals surface area contributed by atoms with Gasteiger partial charge in [-0.3, -0.25) is 0 Å². The molecule has 3 heterocycles. The average molecular weight is 465 g/mol. The minimum Gasteiger partial charge on any atom is -0.369 e.